The fraction of sp³-hybridized carbons (Fsp3) is 0.360. The highest BCUT2D eigenvalue weighted by atomic mass is 19.2. The van der Waals surface area contributed by atoms with Gasteiger partial charge in [0, 0.05) is 54.7 Å². The molecule has 3 heterocycles. The van der Waals surface area contributed by atoms with Crippen LogP contribution in [-0.4, -0.2) is 30.5 Å². The molecular weight excluding hydrogens is 424 g/mol. The topological polar surface area (TPSA) is 67.9 Å². The summed E-state index contributed by atoms with van der Waals surface area (Å²) in [7, 11) is 1.85. The monoisotopic (exact) mass is 451 g/mol. The Balaban J connectivity index is 1.45. The molecule has 2 N–H and O–H groups in total. The summed E-state index contributed by atoms with van der Waals surface area (Å²) in [5.74, 6) is -1.86. The predicted octanol–water partition coefficient (Wildman–Crippen LogP) is 4.68. The van der Waals surface area contributed by atoms with Gasteiger partial charge < -0.3 is 9.67 Å². The van der Waals surface area contributed by atoms with E-state index in [0.717, 1.165) is 48.6 Å². The van der Waals surface area contributed by atoms with Crippen LogP contribution in [-0.2, 0) is 13.6 Å². The fourth-order valence-corrected chi connectivity index (χ4v) is 4.72. The highest BCUT2D eigenvalue weighted by Gasteiger charge is 2.24. The molecule has 0 radical (unpaired) electrons. The molecule has 0 spiro atoms. The number of rotatable bonds is 6. The zero-order valence-corrected chi connectivity index (χ0v) is 18.5. The molecule has 1 atom stereocenters. The Kier molecular flexibility index (Phi) is 5.95. The van der Waals surface area contributed by atoms with E-state index in [1.54, 1.807) is 29.3 Å². The van der Waals surface area contributed by atoms with Crippen molar-refractivity contribution < 1.29 is 13.9 Å². The van der Waals surface area contributed by atoms with Crippen LogP contribution >= 0.6 is 0 Å². The van der Waals surface area contributed by atoms with E-state index in [1.807, 2.05) is 29.9 Å². The summed E-state index contributed by atoms with van der Waals surface area (Å²) in [5, 5.41) is 18.4. The summed E-state index contributed by atoms with van der Waals surface area (Å²) in [6.07, 6.45) is 11.4. The molecule has 0 bridgehead atoms. The molecule has 172 valence electrons. The van der Waals surface area contributed by atoms with Gasteiger partial charge in [-0.15, -0.1) is 0 Å². The van der Waals surface area contributed by atoms with Crippen molar-refractivity contribution >= 4 is 10.9 Å². The Morgan fingerprint density at radius 1 is 1.09 bits per heavy atom. The molecule has 1 aliphatic rings. The van der Waals surface area contributed by atoms with Crippen LogP contribution in [0.15, 0.2) is 49.1 Å². The predicted molar refractivity (Wildman–Crippen MR) is 122 cm³/mol. The Morgan fingerprint density at radius 3 is 2.61 bits per heavy atom. The molecule has 0 amide bonds. The lowest BCUT2D eigenvalue weighted by Crippen LogP contribution is -2.34. The molecule has 1 unspecified atom stereocenters. The number of benzene rings is 1. The van der Waals surface area contributed by atoms with Crippen LogP contribution in [0.3, 0.4) is 0 Å². The highest BCUT2D eigenvalue weighted by Crippen LogP contribution is 2.31. The van der Waals surface area contributed by atoms with Crippen molar-refractivity contribution in [1.82, 2.24) is 24.6 Å². The molecule has 6 nitrogen and oxygen atoms in total. The van der Waals surface area contributed by atoms with Gasteiger partial charge in [-0.1, -0.05) is 25.3 Å². The van der Waals surface area contributed by atoms with Crippen molar-refractivity contribution in [2.45, 2.75) is 50.9 Å². The number of aliphatic hydroxyl groups excluding tert-OH is 1. The summed E-state index contributed by atoms with van der Waals surface area (Å²) in [4.78, 5) is 4.53. The molecule has 1 aliphatic carbocycles. The number of pyridine rings is 1. The van der Waals surface area contributed by atoms with Crippen molar-refractivity contribution in [3.63, 3.8) is 0 Å². The minimum Gasteiger partial charge on any atom is -0.374 e. The summed E-state index contributed by atoms with van der Waals surface area (Å²) in [6, 6.07) is 6.73. The van der Waals surface area contributed by atoms with Gasteiger partial charge in [0.1, 0.15) is 6.23 Å². The third kappa shape index (κ3) is 4.41. The third-order valence-electron chi connectivity index (χ3n) is 6.44. The van der Waals surface area contributed by atoms with Gasteiger partial charge in [0.25, 0.3) is 0 Å². The van der Waals surface area contributed by atoms with Crippen LogP contribution in [0.4, 0.5) is 8.78 Å². The SMILES string of the molecule is Cn1cc(-c2ccc(Cn3cc(C(O)NC4CCCCC4)c4c(F)c(F)ccc43)cn2)cn1. The maximum atomic E-state index is 14.8. The first-order chi connectivity index (χ1) is 16.0. The first kappa shape index (κ1) is 21.7. The molecule has 1 saturated carbocycles. The van der Waals surface area contributed by atoms with Crippen LogP contribution in [0.25, 0.3) is 22.2 Å². The van der Waals surface area contributed by atoms with Crippen molar-refractivity contribution in [2.24, 2.45) is 7.05 Å². The molecule has 5 rings (SSSR count). The average Bonchev–Trinajstić information content (AvgIpc) is 3.42. The molecule has 4 aromatic rings. The van der Waals surface area contributed by atoms with Gasteiger partial charge in [0.05, 0.1) is 17.4 Å². The van der Waals surface area contributed by atoms with Crippen molar-refractivity contribution in [3.05, 3.63) is 71.8 Å². The molecule has 8 heteroatoms. The number of hydrogen-bond donors (Lipinski definition) is 2. The molecule has 1 fully saturated rings. The molecular formula is C25H27F2N5O. The van der Waals surface area contributed by atoms with Crippen molar-refractivity contribution in [2.75, 3.05) is 0 Å². The van der Waals surface area contributed by atoms with Crippen LogP contribution in [0.5, 0.6) is 0 Å². The molecule has 3 aromatic heterocycles. The van der Waals surface area contributed by atoms with E-state index in [2.05, 4.69) is 15.4 Å². The van der Waals surface area contributed by atoms with Crippen molar-refractivity contribution in [3.8, 4) is 11.3 Å². The normalized spacial score (nSPS) is 15.9. The quantitative estimate of drug-likeness (QED) is 0.418. The summed E-state index contributed by atoms with van der Waals surface area (Å²) < 4.78 is 32.5. The Morgan fingerprint density at radius 2 is 1.91 bits per heavy atom. The zero-order chi connectivity index (χ0) is 22.9. The number of nitrogens with one attached hydrogen (secondary N) is 1. The summed E-state index contributed by atoms with van der Waals surface area (Å²) in [5.41, 5.74) is 3.53. The van der Waals surface area contributed by atoms with Crippen LogP contribution < -0.4 is 5.32 Å². The number of halogens is 2. The minimum absolute atomic E-state index is 0.116. The van der Waals surface area contributed by atoms with E-state index in [4.69, 9.17) is 0 Å². The van der Waals surface area contributed by atoms with E-state index in [9.17, 15) is 13.9 Å². The summed E-state index contributed by atoms with van der Waals surface area (Å²) in [6.45, 7) is 0.415. The average molecular weight is 452 g/mol. The number of aliphatic hydroxyl groups is 1. The maximum absolute atomic E-state index is 14.8. The standard InChI is InChI=1S/C25H27F2N5O/c1-31-14-17(12-29-31)21-9-7-16(11-28-21)13-32-15-19(23-22(32)10-8-20(26)24(23)27)25(33)30-18-5-3-2-4-6-18/h7-12,14-15,18,25,30,33H,2-6,13H2,1H3. The number of fused-ring (bicyclic) bond motifs is 1. The Hall–Kier alpha value is -3.10. The van der Waals surface area contributed by atoms with Crippen LogP contribution in [0, 0.1) is 11.6 Å². The molecule has 33 heavy (non-hydrogen) atoms. The van der Waals surface area contributed by atoms with Crippen LogP contribution in [0.2, 0.25) is 0 Å². The van der Waals surface area contributed by atoms with E-state index >= 15 is 0 Å². The van der Waals surface area contributed by atoms with E-state index in [-0.39, 0.29) is 11.4 Å². The van der Waals surface area contributed by atoms with Crippen molar-refractivity contribution in [1.29, 1.82) is 0 Å². The van der Waals surface area contributed by atoms with Gasteiger partial charge in [-0.05, 0) is 36.6 Å². The minimum atomic E-state index is -1.07. The number of aromatic nitrogens is 4. The van der Waals surface area contributed by atoms with Gasteiger partial charge in [0.2, 0.25) is 0 Å². The lowest BCUT2D eigenvalue weighted by atomic mass is 9.95. The third-order valence-corrected chi connectivity index (χ3v) is 6.44. The summed E-state index contributed by atoms with van der Waals surface area (Å²) >= 11 is 0. The number of aryl methyl sites for hydroxylation is 1. The lowest BCUT2D eigenvalue weighted by Gasteiger charge is -2.25. The van der Waals surface area contributed by atoms with E-state index in [1.165, 1.54) is 6.42 Å². The smallest absolute Gasteiger partial charge is 0.168 e. The van der Waals surface area contributed by atoms with Crippen LogP contribution in [0.1, 0.15) is 49.5 Å². The Bertz CT molecular complexity index is 1260. The maximum Gasteiger partial charge on any atom is 0.168 e. The van der Waals surface area contributed by atoms with Gasteiger partial charge in [-0.25, -0.2) is 8.78 Å². The zero-order valence-electron chi connectivity index (χ0n) is 18.5. The Labute approximate surface area is 190 Å². The lowest BCUT2D eigenvalue weighted by molar-refractivity contribution is 0.115. The first-order valence-corrected chi connectivity index (χ1v) is 11.3. The second kappa shape index (κ2) is 9.03. The fourth-order valence-electron chi connectivity index (χ4n) is 4.72. The molecule has 0 aliphatic heterocycles. The second-order valence-corrected chi connectivity index (χ2v) is 8.83. The largest absolute Gasteiger partial charge is 0.374 e. The van der Waals surface area contributed by atoms with E-state index in [0.29, 0.717) is 17.6 Å². The van der Waals surface area contributed by atoms with Gasteiger partial charge in [-0.3, -0.25) is 15.0 Å². The van der Waals surface area contributed by atoms with Gasteiger partial charge >= 0.3 is 0 Å². The van der Waals surface area contributed by atoms with Gasteiger partial charge in [-0.2, -0.15) is 5.10 Å². The highest BCUT2D eigenvalue weighted by molar-refractivity contribution is 5.85. The molecule has 0 saturated heterocycles. The number of hydrogen-bond acceptors (Lipinski definition) is 4. The molecule has 1 aromatic carbocycles. The second-order valence-electron chi connectivity index (χ2n) is 8.83. The number of nitrogens with zero attached hydrogens (tertiary/aromatic N) is 4. The first-order valence-electron chi connectivity index (χ1n) is 11.3. The van der Waals surface area contributed by atoms with Gasteiger partial charge in [0.15, 0.2) is 11.6 Å². The van der Waals surface area contributed by atoms with E-state index < -0.39 is 17.9 Å².